The molecule has 1 saturated heterocycles. The average Bonchev–Trinajstić information content (AvgIpc) is 2.39. The molecule has 4 heteroatoms. The second-order valence-electron chi connectivity index (χ2n) is 4.90. The molecule has 1 atom stereocenters. The number of hydrogen-bond acceptors (Lipinski definition) is 3. The highest BCUT2D eigenvalue weighted by Crippen LogP contribution is 2.17. The van der Waals surface area contributed by atoms with Crippen molar-refractivity contribution in [1.29, 1.82) is 0 Å². The Morgan fingerprint density at radius 1 is 1.35 bits per heavy atom. The molecule has 17 heavy (non-hydrogen) atoms. The maximum Gasteiger partial charge on any atom is 0.237 e. The average molecular weight is 242 g/mol. The molecule has 4 nitrogen and oxygen atoms in total. The summed E-state index contributed by atoms with van der Waals surface area (Å²) in [4.78, 5) is 11.9. The van der Waals surface area contributed by atoms with Gasteiger partial charge in [-0.2, -0.15) is 0 Å². The van der Waals surface area contributed by atoms with Gasteiger partial charge >= 0.3 is 0 Å². The van der Waals surface area contributed by atoms with Crippen molar-refractivity contribution in [2.45, 2.75) is 45.6 Å². The van der Waals surface area contributed by atoms with Crippen LogP contribution in [0.25, 0.3) is 0 Å². The smallest absolute Gasteiger partial charge is 0.237 e. The molecule has 1 amide bonds. The first-order chi connectivity index (χ1) is 8.19. The van der Waals surface area contributed by atoms with Gasteiger partial charge in [0.1, 0.15) is 0 Å². The zero-order valence-electron chi connectivity index (χ0n) is 11.1. The Labute approximate surface area is 104 Å². The summed E-state index contributed by atoms with van der Waals surface area (Å²) in [6.07, 6.45) is 4.01. The van der Waals surface area contributed by atoms with E-state index in [9.17, 15) is 4.79 Å². The summed E-state index contributed by atoms with van der Waals surface area (Å²) in [6, 6.07) is -0.367. The molecule has 0 aliphatic carbocycles. The van der Waals surface area contributed by atoms with Crippen molar-refractivity contribution in [3.63, 3.8) is 0 Å². The number of ether oxygens (including phenoxy) is 1. The molecule has 1 fully saturated rings. The first-order valence-electron chi connectivity index (χ1n) is 6.80. The number of nitrogens with two attached hydrogens (primary N) is 1. The van der Waals surface area contributed by atoms with Crippen LogP contribution in [0.1, 0.15) is 39.5 Å². The number of nitrogens with one attached hydrogen (secondary N) is 1. The first kappa shape index (κ1) is 14.5. The van der Waals surface area contributed by atoms with Crippen LogP contribution in [0.5, 0.6) is 0 Å². The monoisotopic (exact) mass is 242 g/mol. The molecule has 1 unspecified atom stereocenters. The molecule has 0 aromatic rings. The Morgan fingerprint density at radius 3 is 2.47 bits per heavy atom. The molecule has 0 bridgehead atoms. The lowest BCUT2D eigenvalue weighted by Gasteiger charge is -2.27. The molecule has 0 aromatic heterocycles. The zero-order chi connectivity index (χ0) is 12.7. The molecule has 100 valence electrons. The van der Waals surface area contributed by atoms with Gasteiger partial charge in [0.25, 0.3) is 0 Å². The van der Waals surface area contributed by atoms with Crippen molar-refractivity contribution in [2.24, 2.45) is 17.6 Å². The van der Waals surface area contributed by atoms with Crippen molar-refractivity contribution in [1.82, 2.24) is 5.32 Å². The van der Waals surface area contributed by atoms with Gasteiger partial charge in [-0.3, -0.25) is 4.79 Å². The van der Waals surface area contributed by atoms with E-state index in [1.165, 1.54) is 0 Å². The van der Waals surface area contributed by atoms with Gasteiger partial charge in [0, 0.05) is 19.8 Å². The summed E-state index contributed by atoms with van der Waals surface area (Å²) < 4.78 is 5.28. The Kier molecular flexibility index (Phi) is 6.52. The quantitative estimate of drug-likeness (QED) is 0.737. The molecule has 1 rings (SSSR count). The molecule has 0 saturated carbocycles. The molecular formula is C13H26N2O2. The van der Waals surface area contributed by atoms with E-state index in [-0.39, 0.29) is 17.9 Å². The van der Waals surface area contributed by atoms with Gasteiger partial charge in [-0.1, -0.05) is 26.7 Å². The molecule has 0 aromatic carbocycles. The van der Waals surface area contributed by atoms with Gasteiger partial charge in [-0.15, -0.1) is 0 Å². The lowest BCUT2D eigenvalue weighted by molar-refractivity contribution is -0.124. The van der Waals surface area contributed by atoms with Gasteiger partial charge in [-0.05, 0) is 24.7 Å². The van der Waals surface area contributed by atoms with E-state index in [2.05, 4.69) is 19.2 Å². The molecule has 1 heterocycles. The molecule has 3 N–H and O–H groups in total. The van der Waals surface area contributed by atoms with E-state index >= 15 is 0 Å². The van der Waals surface area contributed by atoms with E-state index in [0.29, 0.717) is 5.92 Å². The van der Waals surface area contributed by atoms with Crippen LogP contribution >= 0.6 is 0 Å². The van der Waals surface area contributed by atoms with Crippen LogP contribution in [0.15, 0.2) is 0 Å². The Morgan fingerprint density at radius 2 is 1.94 bits per heavy atom. The lowest BCUT2D eigenvalue weighted by atomic mass is 9.91. The van der Waals surface area contributed by atoms with Crippen LogP contribution in [-0.2, 0) is 9.53 Å². The maximum atomic E-state index is 11.9. The fraction of sp³-hybridized carbons (Fsp3) is 0.923. The van der Waals surface area contributed by atoms with Crippen molar-refractivity contribution >= 4 is 5.91 Å². The predicted molar refractivity (Wildman–Crippen MR) is 68.6 cm³/mol. The topological polar surface area (TPSA) is 64.4 Å². The minimum Gasteiger partial charge on any atom is -0.381 e. The zero-order valence-corrected chi connectivity index (χ0v) is 11.1. The molecular weight excluding hydrogens is 216 g/mol. The van der Waals surface area contributed by atoms with Gasteiger partial charge in [-0.25, -0.2) is 0 Å². The largest absolute Gasteiger partial charge is 0.381 e. The van der Waals surface area contributed by atoms with Crippen LogP contribution in [0, 0.1) is 11.8 Å². The Hall–Kier alpha value is -0.610. The molecule has 0 radical (unpaired) electrons. The number of amides is 1. The van der Waals surface area contributed by atoms with Gasteiger partial charge in [0.05, 0.1) is 6.04 Å². The Bertz CT molecular complexity index is 223. The van der Waals surface area contributed by atoms with Crippen LogP contribution in [-0.4, -0.2) is 31.7 Å². The van der Waals surface area contributed by atoms with E-state index in [1.807, 2.05) is 0 Å². The fourth-order valence-electron chi connectivity index (χ4n) is 2.23. The number of carbonyl (C=O) groups is 1. The third-order valence-electron chi connectivity index (χ3n) is 3.80. The standard InChI is InChI=1S/C13H26N2O2/c1-3-10(4-2)9-15-13(16)12(14)11-5-7-17-8-6-11/h10-12H,3-9,14H2,1-2H3,(H,15,16). The summed E-state index contributed by atoms with van der Waals surface area (Å²) in [5.41, 5.74) is 5.99. The highest BCUT2D eigenvalue weighted by atomic mass is 16.5. The van der Waals surface area contributed by atoms with Gasteiger partial charge in [0.2, 0.25) is 5.91 Å². The van der Waals surface area contributed by atoms with Crippen molar-refractivity contribution in [3.8, 4) is 0 Å². The minimum atomic E-state index is -0.367. The SMILES string of the molecule is CCC(CC)CNC(=O)C(N)C1CCOCC1. The maximum absolute atomic E-state index is 11.9. The summed E-state index contributed by atoms with van der Waals surface area (Å²) in [7, 11) is 0. The second-order valence-corrected chi connectivity index (χ2v) is 4.90. The normalized spacial score (nSPS) is 19.3. The minimum absolute atomic E-state index is 0.00352. The van der Waals surface area contributed by atoms with Crippen LogP contribution in [0.3, 0.4) is 0 Å². The second kappa shape index (κ2) is 7.67. The number of hydrogen-bond donors (Lipinski definition) is 2. The third kappa shape index (κ3) is 4.64. The molecule has 1 aliphatic rings. The van der Waals surface area contributed by atoms with Crippen molar-refractivity contribution < 1.29 is 9.53 Å². The summed E-state index contributed by atoms with van der Waals surface area (Å²) in [6.45, 7) is 6.52. The third-order valence-corrected chi connectivity index (χ3v) is 3.80. The van der Waals surface area contributed by atoms with E-state index < -0.39 is 0 Å². The summed E-state index contributed by atoms with van der Waals surface area (Å²) >= 11 is 0. The van der Waals surface area contributed by atoms with E-state index in [0.717, 1.165) is 45.4 Å². The Balaban J connectivity index is 2.30. The van der Waals surface area contributed by atoms with Crippen LogP contribution in [0.2, 0.25) is 0 Å². The van der Waals surface area contributed by atoms with Crippen molar-refractivity contribution in [3.05, 3.63) is 0 Å². The van der Waals surface area contributed by atoms with Crippen LogP contribution in [0.4, 0.5) is 0 Å². The molecule has 0 spiro atoms. The fourth-order valence-corrected chi connectivity index (χ4v) is 2.23. The number of carbonyl (C=O) groups excluding carboxylic acids is 1. The van der Waals surface area contributed by atoms with E-state index in [1.54, 1.807) is 0 Å². The predicted octanol–water partition coefficient (Wildman–Crippen LogP) is 1.29. The lowest BCUT2D eigenvalue weighted by Crippen LogP contribution is -2.48. The highest BCUT2D eigenvalue weighted by molar-refractivity contribution is 5.81. The summed E-state index contributed by atoms with van der Waals surface area (Å²) in [5.74, 6) is 0.857. The first-order valence-corrected chi connectivity index (χ1v) is 6.80. The van der Waals surface area contributed by atoms with Crippen molar-refractivity contribution in [2.75, 3.05) is 19.8 Å². The van der Waals surface area contributed by atoms with E-state index in [4.69, 9.17) is 10.5 Å². The molecule has 1 aliphatic heterocycles. The summed E-state index contributed by atoms with van der Waals surface area (Å²) in [5, 5.41) is 2.98. The number of rotatable bonds is 6. The van der Waals surface area contributed by atoms with Gasteiger partial charge in [0.15, 0.2) is 0 Å². The highest BCUT2D eigenvalue weighted by Gasteiger charge is 2.26. The van der Waals surface area contributed by atoms with Crippen LogP contribution < -0.4 is 11.1 Å². The van der Waals surface area contributed by atoms with Gasteiger partial charge < -0.3 is 15.8 Å².